The zero-order valence-electron chi connectivity index (χ0n) is 15.1. The van der Waals surface area contributed by atoms with Crippen molar-refractivity contribution in [1.82, 2.24) is 19.8 Å². The van der Waals surface area contributed by atoms with Crippen LogP contribution >= 0.6 is 23.4 Å². The number of hydrogen-bond acceptors (Lipinski definition) is 5. The lowest BCUT2D eigenvalue weighted by Crippen LogP contribution is -2.13. The molecule has 0 atom stereocenters. The minimum absolute atomic E-state index is 0.285. The van der Waals surface area contributed by atoms with Crippen molar-refractivity contribution in [2.24, 2.45) is 0 Å². The Morgan fingerprint density at radius 1 is 1.18 bits per heavy atom. The average molecular weight is 413 g/mol. The monoisotopic (exact) mass is 412 g/mol. The lowest BCUT2D eigenvalue weighted by atomic mass is 10.1. The highest BCUT2D eigenvalue weighted by Gasteiger charge is 2.13. The van der Waals surface area contributed by atoms with Gasteiger partial charge in [-0.3, -0.25) is 4.79 Å². The third kappa shape index (κ3) is 3.76. The molecule has 0 saturated heterocycles. The Bertz CT molecular complexity index is 1170. The van der Waals surface area contributed by atoms with Crippen molar-refractivity contribution >= 4 is 28.9 Å². The van der Waals surface area contributed by atoms with Crippen LogP contribution in [0.3, 0.4) is 0 Å². The van der Waals surface area contributed by atoms with Gasteiger partial charge in [-0.25, -0.2) is 9.61 Å². The number of benzene rings is 2. The number of thioether (sulfide) groups is 1. The molecule has 0 radical (unpaired) electrons. The molecule has 4 aromatic rings. The highest BCUT2D eigenvalue weighted by molar-refractivity contribution is 7.98. The van der Waals surface area contributed by atoms with Gasteiger partial charge in [0.25, 0.3) is 5.56 Å². The summed E-state index contributed by atoms with van der Waals surface area (Å²) in [5.74, 6) is 1.41. The smallest absolute Gasteiger partial charge is 0.290 e. The highest BCUT2D eigenvalue weighted by atomic mass is 35.5. The second-order valence-electron chi connectivity index (χ2n) is 6.00. The van der Waals surface area contributed by atoms with Crippen LogP contribution in [0, 0.1) is 0 Å². The molecule has 0 aliphatic heterocycles. The second-order valence-corrected chi connectivity index (χ2v) is 7.35. The van der Waals surface area contributed by atoms with E-state index in [1.165, 1.54) is 11.8 Å². The quantitative estimate of drug-likeness (QED) is 0.474. The standard InChI is InChI=1S/C20H17ClN4O2S/c1-2-27-15-9-7-13(8-10-15)17-11-18-19(26)22-23-20(25(18)24-17)28-12-14-5-3-4-6-16(14)21/h3-11H,2,12H2,1H3,(H,22,26). The summed E-state index contributed by atoms with van der Waals surface area (Å²) in [6, 6.07) is 17.0. The van der Waals surface area contributed by atoms with Crippen LogP contribution in [-0.2, 0) is 5.75 Å². The number of H-pyrrole nitrogens is 1. The molecule has 0 fully saturated rings. The van der Waals surface area contributed by atoms with Crippen LogP contribution < -0.4 is 10.3 Å². The van der Waals surface area contributed by atoms with Gasteiger partial charge in [0.15, 0.2) is 0 Å². The minimum Gasteiger partial charge on any atom is -0.494 e. The highest BCUT2D eigenvalue weighted by Crippen LogP contribution is 2.27. The lowest BCUT2D eigenvalue weighted by molar-refractivity contribution is 0.340. The first-order valence-corrected chi connectivity index (χ1v) is 10.1. The van der Waals surface area contributed by atoms with Crippen LogP contribution in [0.25, 0.3) is 16.8 Å². The maximum Gasteiger partial charge on any atom is 0.290 e. The van der Waals surface area contributed by atoms with Crippen molar-refractivity contribution in [3.8, 4) is 17.0 Å². The van der Waals surface area contributed by atoms with Gasteiger partial charge in [-0.2, -0.15) is 5.10 Å². The SMILES string of the molecule is CCOc1ccc(-c2cc3c(=O)[nH]nc(SCc4ccccc4Cl)n3n2)cc1. The van der Waals surface area contributed by atoms with E-state index in [1.807, 2.05) is 55.5 Å². The number of fused-ring (bicyclic) bond motifs is 1. The summed E-state index contributed by atoms with van der Waals surface area (Å²) in [6.45, 7) is 2.55. The third-order valence-electron chi connectivity index (χ3n) is 4.15. The van der Waals surface area contributed by atoms with E-state index < -0.39 is 0 Å². The van der Waals surface area contributed by atoms with Gasteiger partial charge in [0.2, 0.25) is 5.16 Å². The molecule has 0 unspecified atom stereocenters. The van der Waals surface area contributed by atoms with E-state index in [-0.39, 0.29) is 5.56 Å². The van der Waals surface area contributed by atoms with E-state index in [1.54, 1.807) is 10.6 Å². The molecular formula is C20H17ClN4O2S. The Labute approximate surface area is 170 Å². The number of rotatable bonds is 6. The molecule has 2 aromatic carbocycles. The summed E-state index contributed by atoms with van der Waals surface area (Å²) >= 11 is 7.69. The summed E-state index contributed by atoms with van der Waals surface area (Å²) in [5, 5.41) is 12.6. The van der Waals surface area contributed by atoms with Crippen molar-refractivity contribution in [1.29, 1.82) is 0 Å². The first-order chi connectivity index (χ1) is 13.7. The maximum atomic E-state index is 12.2. The van der Waals surface area contributed by atoms with Gasteiger partial charge in [-0.05, 0) is 48.9 Å². The molecule has 0 saturated carbocycles. The van der Waals surface area contributed by atoms with E-state index in [0.717, 1.165) is 16.9 Å². The van der Waals surface area contributed by atoms with Crippen LogP contribution in [0.1, 0.15) is 12.5 Å². The van der Waals surface area contributed by atoms with Crippen molar-refractivity contribution < 1.29 is 4.74 Å². The number of hydrogen-bond donors (Lipinski definition) is 1. The van der Waals surface area contributed by atoms with Crippen molar-refractivity contribution in [3.63, 3.8) is 0 Å². The molecule has 2 heterocycles. The lowest BCUT2D eigenvalue weighted by Gasteiger charge is -2.05. The molecule has 0 amide bonds. The number of aromatic amines is 1. The molecule has 0 bridgehead atoms. The van der Waals surface area contributed by atoms with Gasteiger partial charge >= 0.3 is 0 Å². The Kier molecular flexibility index (Phi) is 5.36. The van der Waals surface area contributed by atoms with Gasteiger partial charge in [-0.1, -0.05) is 41.6 Å². The topological polar surface area (TPSA) is 72.3 Å². The predicted octanol–water partition coefficient (Wildman–Crippen LogP) is 4.43. The van der Waals surface area contributed by atoms with Crippen LogP contribution in [-0.4, -0.2) is 26.4 Å². The molecule has 8 heteroatoms. The Morgan fingerprint density at radius 2 is 1.96 bits per heavy atom. The minimum atomic E-state index is -0.285. The molecule has 142 valence electrons. The zero-order valence-corrected chi connectivity index (χ0v) is 16.6. The van der Waals surface area contributed by atoms with Crippen LogP contribution in [0.15, 0.2) is 64.5 Å². The maximum absolute atomic E-state index is 12.2. The average Bonchev–Trinajstić information content (AvgIpc) is 3.16. The van der Waals surface area contributed by atoms with Crippen molar-refractivity contribution in [2.75, 3.05) is 6.61 Å². The van der Waals surface area contributed by atoms with E-state index in [4.69, 9.17) is 16.3 Å². The molecule has 0 spiro atoms. The molecule has 28 heavy (non-hydrogen) atoms. The summed E-state index contributed by atoms with van der Waals surface area (Å²) in [7, 11) is 0. The van der Waals surface area contributed by atoms with Gasteiger partial charge in [0.05, 0.1) is 12.3 Å². The number of aromatic nitrogens is 4. The summed E-state index contributed by atoms with van der Waals surface area (Å²) in [4.78, 5) is 12.2. The molecular weight excluding hydrogens is 396 g/mol. The normalized spacial score (nSPS) is 11.1. The van der Waals surface area contributed by atoms with Gasteiger partial charge in [0.1, 0.15) is 11.3 Å². The molecule has 1 N–H and O–H groups in total. The molecule has 6 nitrogen and oxygen atoms in total. The number of ether oxygens (including phenoxy) is 1. The Morgan fingerprint density at radius 3 is 2.71 bits per heavy atom. The van der Waals surface area contributed by atoms with Crippen molar-refractivity contribution in [2.45, 2.75) is 17.8 Å². The first-order valence-electron chi connectivity index (χ1n) is 8.73. The number of nitrogens with one attached hydrogen (secondary N) is 1. The molecule has 0 aliphatic rings. The zero-order chi connectivity index (χ0) is 19.5. The molecule has 4 rings (SSSR count). The van der Waals surface area contributed by atoms with E-state index in [2.05, 4.69) is 15.3 Å². The van der Waals surface area contributed by atoms with E-state index in [9.17, 15) is 4.79 Å². The van der Waals surface area contributed by atoms with Crippen LogP contribution in [0.4, 0.5) is 0 Å². The largest absolute Gasteiger partial charge is 0.494 e. The fourth-order valence-electron chi connectivity index (χ4n) is 2.77. The fraction of sp³-hybridized carbons (Fsp3) is 0.150. The third-order valence-corrected chi connectivity index (χ3v) is 5.50. The Balaban J connectivity index is 1.66. The van der Waals surface area contributed by atoms with Gasteiger partial charge < -0.3 is 4.74 Å². The summed E-state index contributed by atoms with van der Waals surface area (Å²) in [5.41, 5.74) is 2.75. The fourth-order valence-corrected chi connectivity index (χ4v) is 3.96. The molecule has 0 aliphatic carbocycles. The van der Waals surface area contributed by atoms with E-state index in [0.29, 0.717) is 33.7 Å². The van der Waals surface area contributed by atoms with Gasteiger partial charge in [-0.15, -0.1) is 5.10 Å². The van der Waals surface area contributed by atoms with Crippen LogP contribution in [0.2, 0.25) is 5.02 Å². The number of nitrogens with zero attached hydrogens (tertiary/aromatic N) is 3. The van der Waals surface area contributed by atoms with E-state index >= 15 is 0 Å². The number of halogens is 1. The van der Waals surface area contributed by atoms with Crippen molar-refractivity contribution in [3.05, 3.63) is 75.5 Å². The summed E-state index contributed by atoms with van der Waals surface area (Å²) in [6.07, 6.45) is 0. The molecule has 2 aromatic heterocycles. The predicted molar refractivity (Wildman–Crippen MR) is 111 cm³/mol. The first kappa shape index (κ1) is 18.6. The van der Waals surface area contributed by atoms with Crippen LogP contribution in [0.5, 0.6) is 5.75 Å². The second kappa shape index (κ2) is 8.08. The Hall–Kier alpha value is -2.77. The van der Waals surface area contributed by atoms with Gasteiger partial charge in [0, 0.05) is 16.3 Å². The summed E-state index contributed by atoms with van der Waals surface area (Å²) < 4.78 is 7.05.